The zero-order chi connectivity index (χ0) is 21.6. The summed E-state index contributed by atoms with van der Waals surface area (Å²) in [6, 6.07) is 10.1. The first-order chi connectivity index (χ1) is 13.6. The van der Waals surface area contributed by atoms with Crippen LogP contribution < -0.4 is 15.4 Å². The number of aryl methyl sites for hydroxylation is 2. The number of sulfonamides is 1. The average molecular weight is 419 g/mol. The molecule has 10 heteroatoms. The minimum absolute atomic E-state index is 0.00474. The van der Waals surface area contributed by atoms with Gasteiger partial charge in [0.1, 0.15) is 0 Å². The standard InChI is InChI=1S/C19H21N3O6S/c1-12-8-9-13(2)16(10-12)29(26,27)22-15-7-5-4-6-14(15)18(24)28-11-17(23)21-19(25)20-3/h4-10,22H,11H2,1-3H3,(H2,20,21,23,25). The van der Waals surface area contributed by atoms with Crippen molar-refractivity contribution in [2.45, 2.75) is 18.7 Å². The Hall–Kier alpha value is -3.40. The summed E-state index contributed by atoms with van der Waals surface area (Å²) in [6.07, 6.45) is 0. The maximum Gasteiger partial charge on any atom is 0.340 e. The summed E-state index contributed by atoms with van der Waals surface area (Å²) in [5.74, 6) is -1.75. The molecule has 0 fully saturated rings. The lowest BCUT2D eigenvalue weighted by molar-refractivity contribution is -0.123. The normalized spacial score (nSPS) is 10.7. The minimum atomic E-state index is -3.96. The zero-order valence-electron chi connectivity index (χ0n) is 16.1. The highest BCUT2D eigenvalue weighted by atomic mass is 32.2. The van der Waals surface area contributed by atoms with Gasteiger partial charge in [-0.1, -0.05) is 24.3 Å². The summed E-state index contributed by atoms with van der Waals surface area (Å²) < 4.78 is 32.9. The van der Waals surface area contributed by atoms with Crippen molar-refractivity contribution in [3.63, 3.8) is 0 Å². The van der Waals surface area contributed by atoms with Gasteiger partial charge in [0.15, 0.2) is 6.61 Å². The molecule has 29 heavy (non-hydrogen) atoms. The first-order valence-electron chi connectivity index (χ1n) is 8.52. The number of esters is 1. The van der Waals surface area contributed by atoms with E-state index in [1.54, 1.807) is 32.0 Å². The maximum atomic E-state index is 12.8. The third-order valence-electron chi connectivity index (χ3n) is 3.84. The molecule has 9 nitrogen and oxygen atoms in total. The molecule has 0 bridgehead atoms. The van der Waals surface area contributed by atoms with Gasteiger partial charge in [0.25, 0.3) is 15.9 Å². The van der Waals surface area contributed by atoms with Crippen molar-refractivity contribution in [1.82, 2.24) is 10.6 Å². The highest BCUT2D eigenvalue weighted by Crippen LogP contribution is 2.23. The molecule has 0 saturated carbocycles. The first-order valence-corrected chi connectivity index (χ1v) is 10.00. The summed E-state index contributed by atoms with van der Waals surface area (Å²) in [5, 5.41) is 4.13. The molecule has 0 spiro atoms. The SMILES string of the molecule is CNC(=O)NC(=O)COC(=O)c1ccccc1NS(=O)(=O)c1cc(C)ccc1C. The van der Waals surface area contributed by atoms with Crippen molar-refractivity contribution in [1.29, 1.82) is 0 Å². The number of carbonyl (C=O) groups is 3. The molecule has 0 unspecified atom stereocenters. The second-order valence-corrected chi connectivity index (χ2v) is 7.77. The Morgan fingerprint density at radius 1 is 1.03 bits per heavy atom. The second kappa shape index (κ2) is 9.20. The van der Waals surface area contributed by atoms with Crippen LogP contribution in [0.2, 0.25) is 0 Å². The van der Waals surface area contributed by atoms with E-state index in [9.17, 15) is 22.8 Å². The van der Waals surface area contributed by atoms with Crippen LogP contribution in [0.15, 0.2) is 47.4 Å². The van der Waals surface area contributed by atoms with Crippen molar-refractivity contribution < 1.29 is 27.5 Å². The summed E-state index contributed by atoms with van der Waals surface area (Å²) >= 11 is 0. The number of hydrogen-bond acceptors (Lipinski definition) is 6. The highest BCUT2D eigenvalue weighted by molar-refractivity contribution is 7.92. The molecule has 2 rings (SSSR count). The highest BCUT2D eigenvalue weighted by Gasteiger charge is 2.21. The average Bonchev–Trinajstić information content (AvgIpc) is 2.67. The second-order valence-electron chi connectivity index (χ2n) is 6.12. The molecule has 0 aliphatic rings. The fraction of sp³-hybridized carbons (Fsp3) is 0.211. The van der Waals surface area contributed by atoms with Crippen molar-refractivity contribution >= 4 is 33.6 Å². The van der Waals surface area contributed by atoms with Gasteiger partial charge in [-0.3, -0.25) is 14.8 Å². The predicted molar refractivity (Wildman–Crippen MR) is 106 cm³/mol. The van der Waals surface area contributed by atoms with Crippen LogP contribution in [0.4, 0.5) is 10.5 Å². The van der Waals surface area contributed by atoms with E-state index in [-0.39, 0.29) is 16.1 Å². The summed E-state index contributed by atoms with van der Waals surface area (Å²) in [4.78, 5) is 35.0. The molecule has 0 aliphatic heterocycles. The molecule has 3 N–H and O–H groups in total. The zero-order valence-corrected chi connectivity index (χ0v) is 16.9. The van der Waals surface area contributed by atoms with Gasteiger partial charge in [-0.25, -0.2) is 18.0 Å². The smallest absolute Gasteiger partial charge is 0.340 e. The molecule has 2 aromatic rings. The van der Waals surface area contributed by atoms with E-state index >= 15 is 0 Å². The van der Waals surface area contributed by atoms with Crippen molar-refractivity contribution in [3.8, 4) is 0 Å². The number of anilines is 1. The molecule has 0 saturated heterocycles. The van der Waals surface area contributed by atoms with Crippen molar-refractivity contribution in [2.24, 2.45) is 0 Å². The van der Waals surface area contributed by atoms with E-state index in [4.69, 9.17) is 4.74 Å². The van der Waals surface area contributed by atoms with E-state index in [0.717, 1.165) is 5.56 Å². The van der Waals surface area contributed by atoms with E-state index in [2.05, 4.69) is 10.0 Å². The monoisotopic (exact) mass is 419 g/mol. The van der Waals surface area contributed by atoms with Gasteiger partial charge >= 0.3 is 12.0 Å². The maximum absolute atomic E-state index is 12.8. The van der Waals surface area contributed by atoms with Crippen LogP contribution in [-0.2, 0) is 19.6 Å². The van der Waals surface area contributed by atoms with Crippen LogP contribution in [0.5, 0.6) is 0 Å². The van der Waals surface area contributed by atoms with E-state index < -0.39 is 34.5 Å². The van der Waals surface area contributed by atoms with Crippen LogP contribution >= 0.6 is 0 Å². The number of amides is 3. The first kappa shape index (κ1) is 21.9. The fourth-order valence-corrected chi connectivity index (χ4v) is 3.79. The lowest BCUT2D eigenvalue weighted by atomic mass is 10.2. The molecule has 3 amide bonds. The van der Waals surface area contributed by atoms with Crippen LogP contribution in [0.25, 0.3) is 0 Å². The predicted octanol–water partition coefficient (Wildman–Crippen LogP) is 1.72. The van der Waals surface area contributed by atoms with Gasteiger partial charge in [-0.2, -0.15) is 0 Å². The van der Waals surface area contributed by atoms with Gasteiger partial charge in [-0.05, 0) is 43.2 Å². The Bertz CT molecular complexity index is 1050. The number of rotatable bonds is 6. The Balaban J connectivity index is 2.20. The number of benzene rings is 2. The quantitative estimate of drug-likeness (QED) is 0.611. The number of ether oxygens (including phenoxy) is 1. The van der Waals surface area contributed by atoms with Gasteiger partial charge in [0, 0.05) is 7.05 Å². The number of imide groups is 1. The van der Waals surface area contributed by atoms with Gasteiger partial charge < -0.3 is 10.1 Å². The lowest BCUT2D eigenvalue weighted by Crippen LogP contribution is -2.39. The fourth-order valence-electron chi connectivity index (χ4n) is 2.38. The number of urea groups is 1. The summed E-state index contributed by atoms with van der Waals surface area (Å²) in [5.41, 5.74) is 1.25. The third-order valence-corrected chi connectivity index (χ3v) is 5.35. The van der Waals surface area contributed by atoms with E-state index in [1.165, 1.54) is 31.3 Å². The number of nitrogens with one attached hydrogen (secondary N) is 3. The van der Waals surface area contributed by atoms with Gasteiger partial charge in [0.2, 0.25) is 0 Å². The molecule has 2 aromatic carbocycles. The number of para-hydroxylation sites is 1. The summed E-state index contributed by atoms with van der Waals surface area (Å²) in [7, 11) is -2.64. The molecule has 0 aromatic heterocycles. The van der Waals surface area contributed by atoms with Crippen LogP contribution in [0.3, 0.4) is 0 Å². The molecular weight excluding hydrogens is 398 g/mol. The van der Waals surface area contributed by atoms with Crippen LogP contribution in [0, 0.1) is 13.8 Å². The summed E-state index contributed by atoms with van der Waals surface area (Å²) in [6.45, 7) is 2.73. The van der Waals surface area contributed by atoms with Gasteiger partial charge in [0.05, 0.1) is 16.1 Å². The molecule has 0 atom stereocenters. The molecule has 0 radical (unpaired) electrons. The lowest BCUT2D eigenvalue weighted by Gasteiger charge is -2.14. The molecule has 154 valence electrons. The van der Waals surface area contributed by atoms with Crippen molar-refractivity contribution in [3.05, 3.63) is 59.2 Å². The Morgan fingerprint density at radius 2 is 1.72 bits per heavy atom. The van der Waals surface area contributed by atoms with Crippen LogP contribution in [0.1, 0.15) is 21.5 Å². The Kier molecular flexibility index (Phi) is 6.94. The molecule has 0 aliphatic carbocycles. The van der Waals surface area contributed by atoms with E-state index in [1.807, 2.05) is 5.32 Å². The molecule has 0 heterocycles. The Morgan fingerprint density at radius 3 is 2.41 bits per heavy atom. The number of carbonyl (C=O) groups excluding carboxylic acids is 3. The third kappa shape index (κ3) is 5.79. The molecular formula is C19H21N3O6S. The number of hydrogen-bond donors (Lipinski definition) is 3. The van der Waals surface area contributed by atoms with E-state index in [0.29, 0.717) is 5.56 Å². The van der Waals surface area contributed by atoms with Gasteiger partial charge in [-0.15, -0.1) is 0 Å². The van der Waals surface area contributed by atoms with Crippen LogP contribution in [-0.4, -0.2) is 40.0 Å². The van der Waals surface area contributed by atoms with Crippen molar-refractivity contribution in [2.75, 3.05) is 18.4 Å². The largest absolute Gasteiger partial charge is 0.452 e. The Labute approximate surface area is 168 Å². The minimum Gasteiger partial charge on any atom is -0.452 e. The topological polar surface area (TPSA) is 131 Å².